The number of benzene rings is 1. The standard InChI is InChI=1S/C12H13ClO3/c13-11-4-3-9(7-10(11)12(14)15)16-6-5-8-1-2-8/h3-4,7-8H,1-2,5-6H2,(H,14,15). The van der Waals surface area contributed by atoms with Gasteiger partial charge in [-0.25, -0.2) is 4.79 Å². The summed E-state index contributed by atoms with van der Waals surface area (Å²) >= 11 is 5.75. The molecule has 4 heteroatoms. The number of ether oxygens (including phenoxy) is 1. The molecule has 3 nitrogen and oxygen atoms in total. The molecule has 0 saturated heterocycles. The first-order valence-electron chi connectivity index (χ1n) is 5.32. The minimum Gasteiger partial charge on any atom is -0.494 e. The summed E-state index contributed by atoms with van der Waals surface area (Å²) in [6.07, 6.45) is 3.64. The van der Waals surface area contributed by atoms with Gasteiger partial charge in [-0.1, -0.05) is 24.4 Å². The lowest BCUT2D eigenvalue weighted by Gasteiger charge is -2.07. The number of carbonyl (C=O) groups is 1. The molecule has 0 heterocycles. The molecule has 1 aliphatic carbocycles. The van der Waals surface area contributed by atoms with E-state index >= 15 is 0 Å². The van der Waals surface area contributed by atoms with Crippen molar-refractivity contribution in [1.29, 1.82) is 0 Å². The Labute approximate surface area is 99.0 Å². The molecule has 0 radical (unpaired) electrons. The van der Waals surface area contributed by atoms with Gasteiger partial charge in [0.05, 0.1) is 17.2 Å². The number of hydrogen-bond acceptors (Lipinski definition) is 2. The van der Waals surface area contributed by atoms with E-state index in [2.05, 4.69) is 0 Å². The zero-order valence-corrected chi connectivity index (χ0v) is 9.54. The fraction of sp³-hybridized carbons (Fsp3) is 0.417. The van der Waals surface area contributed by atoms with Crippen molar-refractivity contribution in [2.45, 2.75) is 19.3 Å². The minimum absolute atomic E-state index is 0.0885. The second kappa shape index (κ2) is 4.74. The van der Waals surface area contributed by atoms with E-state index in [1.165, 1.54) is 18.9 Å². The zero-order chi connectivity index (χ0) is 11.5. The number of carboxylic acid groups (broad SMARTS) is 1. The molecule has 1 N–H and O–H groups in total. The highest BCUT2D eigenvalue weighted by atomic mass is 35.5. The number of carboxylic acids is 1. The Balaban J connectivity index is 1.97. The third-order valence-corrected chi connectivity index (χ3v) is 2.99. The molecule has 1 saturated carbocycles. The van der Waals surface area contributed by atoms with Gasteiger partial charge in [-0.05, 0) is 30.5 Å². The summed E-state index contributed by atoms with van der Waals surface area (Å²) in [6, 6.07) is 4.72. The van der Waals surface area contributed by atoms with Gasteiger partial charge in [0.25, 0.3) is 0 Å². The van der Waals surface area contributed by atoms with E-state index in [0.717, 1.165) is 12.3 Å². The van der Waals surface area contributed by atoms with Crippen molar-refractivity contribution in [1.82, 2.24) is 0 Å². The maximum Gasteiger partial charge on any atom is 0.337 e. The molecule has 0 atom stereocenters. The first-order chi connectivity index (χ1) is 7.66. The Morgan fingerprint density at radius 2 is 2.25 bits per heavy atom. The lowest BCUT2D eigenvalue weighted by atomic mass is 10.2. The molecule has 1 aromatic rings. The molecule has 2 rings (SSSR count). The molecular formula is C12H13ClO3. The van der Waals surface area contributed by atoms with Crippen molar-refractivity contribution in [2.24, 2.45) is 5.92 Å². The molecule has 16 heavy (non-hydrogen) atoms. The van der Waals surface area contributed by atoms with Crippen molar-refractivity contribution in [3.8, 4) is 5.75 Å². The van der Waals surface area contributed by atoms with Gasteiger partial charge in [-0.3, -0.25) is 0 Å². The van der Waals surface area contributed by atoms with E-state index in [1.807, 2.05) is 0 Å². The Bertz CT molecular complexity index is 399. The van der Waals surface area contributed by atoms with Crippen molar-refractivity contribution < 1.29 is 14.6 Å². The summed E-state index contributed by atoms with van der Waals surface area (Å²) in [5.74, 6) is 0.353. The third kappa shape index (κ3) is 2.89. The first kappa shape index (κ1) is 11.3. The van der Waals surface area contributed by atoms with Crippen molar-refractivity contribution >= 4 is 17.6 Å². The van der Waals surface area contributed by atoms with Crippen LogP contribution in [0.25, 0.3) is 0 Å². The van der Waals surface area contributed by atoms with Crippen LogP contribution in [0.1, 0.15) is 29.6 Å². The Hall–Kier alpha value is -1.22. The first-order valence-corrected chi connectivity index (χ1v) is 5.70. The fourth-order valence-corrected chi connectivity index (χ4v) is 1.71. The van der Waals surface area contributed by atoms with Crippen LogP contribution in [0, 0.1) is 5.92 Å². The second-order valence-electron chi connectivity index (χ2n) is 4.03. The summed E-state index contributed by atoms with van der Waals surface area (Å²) in [5, 5.41) is 9.11. The van der Waals surface area contributed by atoms with Crippen molar-refractivity contribution in [3.63, 3.8) is 0 Å². The number of hydrogen-bond donors (Lipinski definition) is 1. The predicted octanol–water partition coefficient (Wildman–Crippen LogP) is 3.22. The fourth-order valence-electron chi connectivity index (χ4n) is 1.51. The van der Waals surface area contributed by atoms with Crippen LogP contribution in [-0.4, -0.2) is 17.7 Å². The van der Waals surface area contributed by atoms with E-state index in [4.69, 9.17) is 21.4 Å². The summed E-state index contributed by atoms with van der Waals surface area (Å²) < 4.78 is 5.48. The summed E-state index contributed by atoms with van der Waals surface area (Å²) in [4.78, 5) is 10.8. The average Bonchev–Trinajstić information content (AvgIpc) is 3.04. The van der Waals surface area contributed by atoms with Crippen molar-refractivity contribution in [2.75, 3.05) is 6.61 Å². The normalized spacial score (nSPS) is 14.8. The predicted molar refractivity (Wildman–Crippen MR) is 61.2 cm³/mol. The Morgan fingerprint density at radius 1 is 1.50 bits per heavy atom. The maximum atomic E-state index is 10.8. The SMILES string of the molecule is O=C(O)c1cc(OCCC2CC2)ccc1Cl. The molecule has 0 unspecified atom stereocenters. The quantitative estimate of drug-likeness (QED) is 0.860. The topological polar surface area (TPSA) is 46.5 Å². The van der Waals surface area contributed by atoms with E-state index in [1.54, 1.807) is 12.1 Å². The van der Waals surface area contributed by atoms with Gasteiger partial charge in [0.15, 0.2) is 0 Å². The van der Waals surface area contributed by atoms with Crippen LogP contribution in [0.5, 0.6) is 5.75 Å². The van der Waals surface area contributed by atoms with Gasteiger partial charge in [0.2, 0.25) is 0 Å². The van der Waals surface area contributed by atoms with Gasteiger partial charge >= 0.3 is 5.97 Å². The van der Waals surface area contributed by atoms with Gasteiger partial charge in [0.1, 0.15) is 5.75 Å². The van der Waals surface area contributed by atoms with E-state index in [-0.39, 0.29) is 10.6 Å². The lowest BCUT2D eigenvalue weighted by molar-refractivity contribution is 0.0696. The number of halogens is 1. The van der Waals surface area contributed by atoms with E-state index in [9.17, 15) is 4.79 Å². The lowest BCUT2D eigenvalue weighted by Crippen LogP contribution is -2.01. The van der Waals surface area contributed by atoms with Crippen LogP contribution in [-0.2, 0) is 0 Å². The molecule has 0 aliphatic heterocycles. The van der Waals surface area contributed by atoms with Crippen molar-refractivity contribution in [3.05, 3.63) is 28.8 Å². The van der Waals surface area contributed by atoms with Gasteiger partial charge in [-0.2, -0.15) is 0 Å². The maximum absolute atomic E-state index is 10.8. The Kier molecular flexibility index (Phi) is 3.34. The van der Waals surface area contributed by atoms with Crippen LogP contribution in [0.3, 0.4) is 0 Å². The van der Waals surface area contributed by atoms with Gasteiger partial charge in [0, 0.05) is 0 Å². The average molecular weight is 241 g/mol. The Morgan fingerprint density at radius 3 is 2.88 bits per heavy atom. The highest BCUT2D eigenvalue weighted by molar-refractivity contribution is 6.33. The summed E-state index contributed by atoms with van der Waals surface area (Å²) in [5.41, 5.74) is 0.0885. The van der Waals surface area contributed by atoms with Gasteiger partial charge < -0.3 is 9.84 Å². The molecule has 86 valence electrons. The monoisotopic (exact) mass is 240 g/mol. The second-order valence-corrected chi connectivity index (χ2v) is 4.43. The molecular weight excluding hydrogens is 228 g/mol. The van der Waals surface area contributed by atoms with Crippen LogP contribution < -0.4 is 4.74 Å². The number of rotatable bonds is 5. The van der Waals surface area contributed by atoms with Crippen LogP contribution in [0.15, 0.2) is 18.2 Å². The highest BCUT2D eigenvalue weighted by Gasteiger charge is 2.20. The smallest absolute Gasteiger partial charge is 0.337 e. The molecule has 0 amide bonds. The molecule has 0 aromatic heterocycles. The third-order valence-electron chi connectivity index (χ3n) is 2.66. The van der Waals surface area contributed by atoms with Crippen LogP contribution in [0.2, 0.25) is 5.02 Å². The molecule has 0 spiro atoms. The largest absolute Gasteiger partial charge is 0.494 e. The molecule has 1 aliphatic rings. The zero-order valence-electron chi connectivity index (χ0n) is 8.78. The molecule has 1 aromatic carbocycles. The van der Waals surface area contributed by atoms with E-state index in [0.29, 0.717) is 12.4 Å². The van der Waals surface area contributed by atoms with Crippen LogP contribution >= 0.6 is 11.6 Å². The highest BCUT2D eigenvalue weighted by Crippen LogP contribution is 2.32. The van der Waals surface area contributed by atoms with E-state index < -0.39 is 5.97 Å². The summed E-state index contributed by atoms with van der Waals surface area (Å²) in [6.45, 7) is 0.644. The molecule has 0 bridgehead atoms. The summed E-state index contributed by atoms with van der Waals surface area (Å²) in [7, 11) is 0. The van der Waals surface area contributed by atoms with Gasteiger partial charge in [-0.15, -0.1) is 0 Å². The van der Waals surface area contributed by atoms with Crippen LogP contribution in [0.4, 0.5) is 0 Å². The number of aromatic carboxylic acids is 1. The minimum atomic E-state index is -1.03. The molecule has 1 fully saturated rings.